The molecule has 4 aromatic rings. The normalized spacial score (nSPS) is 11.6. The Balaban J connectivity index is 0.00000256. The second-order valence-corrected chi connectivity index (χ2v) is 8.65. The molecule has 0 aliphatic rings. The van der Waals surface area contributed by atoms with E-state index < -0.39 is 0 Å². The molecule has 3 heterocycles. The largest absolute Gasteiger partial charge is 1.00 e. The molecule has 150 valence electrons. The molecule has 0 aliphatic heterocycles. The van der Waals surface area contributed by atoms with E-state index in [1.807, 2.05) is 37.4 Å². The predicted octanol–water partition coefficient (Wildman–Crippen LogP) is 2.64. The third-order valence-corrected chi connectivity index (χ3v) is 5.39. The second-order valence-electron chi connectivity index (χ2n) is 7.86. The summed E-state index contributed by atoms with van der Waals surface area (Å²) in [6, 6.07) is 9.46. The van der Waals surface area contributed by atoms with Gasteiger partial charge in [-0.3, -0.25) is 4.68 Å². The van der Waals surface area contributed by atoms with Crippen LogP contribution in [0.2, 0.25) is 10.0 Å². The second kappa shape index (κ2) is 8.90. The zero-order valence-corrected chi connectivity index (χ0v) is 22.5. The molecule has 0 fully saturated rings. The van der Waals surface area contributed by atoms with Crippen LogP contribution in [0.4, 0.5) is 0 Å². The number of nitrogens with zero attached hydrogens (tertiary/aromatic N) is 4. The van der Waals surface area contributed by atoms with Gasteiger partial charge in [-0.25, -0.2) is 9.97 Å². The summed E-state index contributed by atoms with van der Waals surface area (Å²) in [7, 11) is 3.43. The maximum absolute atomic E-state index is 6.69. The van der Waals surface area contributed by atoms with Crippen molar-refractivity contribution in [2.24, 2.45) is 7.05 Å². The third kappa shape index (κ3) is 4.21. The number of hydrogen-bond donors (Lipinski definition) is 1. The van der Waals surface area contributed by atoms with Crippen molar-refractivity contribution in [1.29, 1.82) is 0 Å². The van der Waals surface area contributed by atoms with Crippen molar-refractivity contribution in [3.63, 3.8) is 0 Å². The van der Waals surface area contributed by atoms with E-state index in [1.54, 1.807) is 11.8 Å². The van der Waals surface area contributed by atoms with Crippen molar-refractivity contribution < 1.29 is 56.1 Å². The van der Waals surface area contributed by atoms with Gasteiger partial charge in [0.1, 0.15) is 5.69 Å². The number of halogens is 2. The molecule has 1 N–H and O–H groups in total. The van der Waals surface area contributed by atoms with Crippen LogP contribution < -0.4 is 56.1 Å². The zero-order valence-electron chi connectivity index (χ0n) is 17.8. The van der Waals surface area contributed by atoms with Crippen LogP contribution in [0.15, 0.2) is 30.3 Å². The van der Waals surface area contributed by atoms with Crippen molar-refractivity contribution in [2.45, 2.75) is 26.2 Å². The zero-order chi connectivity index (χ0) is 20.9. The van der Waals surface area contributed by atoms with Gasteiger partial charge in [-0.15, -0.1) is 0 Å². The quantitative estimate of drug-likeness (QED) is 0.469. The maximum atomic E-state index is 6.69. The maximum Gasteiger partial charge on any atom is 1.00 e. The Labute approximate surface area is 227 Å². The van der Waals surface area contributed by atoms with E-state index >= 15 is 0 Å². The van der Waals surface area contributed by atoms with Gasteiger partial charge in [0.25, 0.3) is 0 Å². The van der Waals surface area contributed by atoms with Crippen molar-refractivity contribution in [3.8, 4) is 28.7 Å². The molecule has 1 aromatic carbocycles. The Bertz CT molecular complexity index is 1230. The Morgan fingerprint density at radius 2 is 1.80 bits per heavy atom. The van der Waals surface area contributed by atoms with E-state index in [-0.39, 0.29) is 56.8 Å². The first kappa shape index (κ1) is 23.7. The van der Waals surface area contributed by atoms with Crippen molar-refractivity contribution in [2.75, 3.05) is 7.11 Å². The summed E-state index contributed by atoms with van der Waals surface area (Å²) in [4.78, 5) is 12.7. The SMILES string of the molecule is COc1nc(-c2ccccc2Cl)cc2[nH]c(-c3c(Cl)c(C(C)(C)C)nn3C)nc12.[K+]. The summed E-state index contributed by atoms with van der Waals surface area (Å²) in [5, 5.41) is 5.80. The van der Waals surface area contributed by atoms with Gasteiger partial charge in [0, 0.05) is 23.0 Å². The smallest absolute Gasteiger partial charge is 0.479 e. The topological polar surface area (TPSA) is 68.6 Å². The minimum Gasteiger partial charge on any atom is -0.479 e. The molecule has 30 heavy (non-hydrogen) atoms. The first-order valence-electron chi connectivity index (χ1n) is 9.13. The molecule has 0 amide bonds. The van der Waals surface area contributed by atoms with E-state index in [9.17, 15) is 0 Å². The van der Waals surface area contributed by atoms with Crippen molar-refractivity contribution in [3.05, 3.63) is 46.1 Å². The molecule has 6 nitrogen and oxygen atoms in total. The van der Waals surface area contributed by atoms with Crippen LogP contribution in [0.3, 0.4) is 0 Å². The van der Waals surface area contributed by atoms with Gasteiger partial charge < -0.3 is 9.72 Å². The summed E-state index contributed by atoms with van der Waals surface area (Å²) < 4.78 is 7.25. The summed E-state index contributed by atoms with van der Waals surface area (Å²) in [6.45, 7) is 6.23. The molecular formula is C21H21Cl2KN5O+. The minimum atomic E-state index is -0.185. The number of aromatic nitrogens is 5. The number of aromatic amines is 1. The molecule has 0 saturated heterocycles. The van der Waals surface area contributed by atoms with Gasteiger partial charge in [0.05, 0.1) is 29.0 Å². The fourth-order valence-corrected chi connectivity index (χ4v) is 4.05. The predicted molar refractivity (Wildman–Crippen MR) is 117 cm³/mol. The molecule has 0 radical (unpaired) electrons. The Morgan fingerprint density at radius 3 is 2.40 bits per heavy atom. The first-order valence-corrected chi connectivity index (χ1v) is 9.89. The van der Waals surface area contributed by atoms with Crippen molar-refractivity contribution >= 4 is 34.2 Å². The number of H-pyrrole nitrogens is 1. The number of rotatable bonds is 3. The van der Waals surface area contributed by atoms with Crippen LogP contribution >= 0.6 is 23.2 Å². The third-order valence-electron chi connectivity index (χ3n) is 4.70. The number of methoxy groups -OCH3 is 1. The number of fused-ring (bicyclic) bond motifs is 1. The standard InChI is InChI=1S/C21H21Cl2N5O.K/c1-21(2,3)18-15(23)17(28(4)27-18)19-24-14-10-13(11-8-6-7-9-12(11)22)25-20(29-5)16(14)26-19;/h6-10H,1-5H3,(H,24,26);/q;+1. The molecule has 4 rings (SSSR count). The summed E-state index contributed by atoms with van der Waals surface area (Å²) >= 11 is 13.0. The molecular weight excluding hydrogens is 448 g/mol. The van der Waals surface area contributed by atoms with E-state index in [0.717, 1.165) is 16.8 Å². The molecule has 9 heteroatoms. The van der Waals surface area contributed by atoms with E-state index in [4.69, 9.17) is 32.9 Å². The molecule has 0 unspecified atom stereocenters. The fourth-order valence-electron chi connectivity index (χ4n) is 3.28. The summed E-state index contributed by atoms with van der Waals surface area (Å²) in [5.41, 5.74) is 4.26. The van der Waals surface area contributed by atoms with E-state index in [0.29, 0.717) is 38.7 Å². The summed E-state index contributed by atoms with van der Waals surface area (Å²) in [6.07, 6.45) is 0. The number of ether oxygens (including phenoxy) is 1. The van der Waals surface area contributed by atoms with Gasteiger partial charge in [-0.2, -0.15) is 5.10 Å². The number of aryl methyl sites for hydroxylation is 1. The summed E-state index contributed by atoms with van der Waals surface area (Å²) in [5.74, 6) is 1.01. The average molecular weight is 469 g/mol. The number of imidazole rings is 1. The van der Waals surface area contributed by atoms with Crippen LogP contribution in [-0.4, -0.2) is 31.8 Å². The molecule has 0 spiro atoms. The van der Waals surface area contributed by atoms with E-state index in [1.165, 1.54) is 0 Å². The Morgan fingerprint density at radius 1 is 1.10 bits per heavy atom. The van der Waals surface area contributed by atoms with Crippen LogP contribution in [0.25, 0.3) is 33.8 Å². The fraction of sp³-hybridized carbons (Fsp3) is 0.286. The van der Waals surface area contributed by atoms with Crippen LogP contribution in [0.5, 0.6) is 5.88 Å². The monoisotopic (exact) mass is 468 g/mol. The molecule has 0 bridgehead atoms. The number of pyridine rings is 1. The van der Waals surface area contributed by atoms with Gasteiger partial charge in [0.2, 0.25) is 5.88 Å². The van der Waals surface area contributed by atoms with Crippen LogP contribution in [0.1, 0.15) is 26.5 Å². The Kier molecular flexibility index (Phi) is 7.04. The first-order chi connectivity index (χ1) is 13.7. The van der Waals surface area contributed by atoms with E-state index in [2.05, 4.69) is 35.8 Å². The van der Waals surface area contributed by atoms with Gasteiger partial charge in [-0.1, -0.05) is 62.2 Å². The van der Waals surface area contributed by atoms with Gasteiger partial charge in [0.15, 0.2) is 11.3 Å². The molecule has 0 saturated carbocycles. The molecule has 3 aromatic heterocycles. The number of nitrogens with one attached hydrogen (secondary N) is 1. The minimum absolute atomic E-state index is 0. The number of hydrogen-bond acceptors (Lipinski definition) is 4. The average Bonchev–Trinajstić information content (AvgIpc) is 3.21. The van der Waals surface area contributed by atoms with Crippen molar-refractivity contribution in [1.82, 2.24) is 24.7 Å². The Hall–Kier alpha value is -0.934. The van der Waals surface area contributed by atoms with Crippen LogP contribution in [-0.2, 0) is 12.5 Å². The van der Waals surface area contributed by atoms with Gasteiger partial charge in [-0.05, 0) is 12.1 Å². The van der Waals surface area contributed by atoms with Gasteiger partial charge >= 0.3 is 51.4 Å². The number of benzene rings is 1. The molecule has 0 aliphatic carbocycles. The molecule has 0 atom stereocenters. The van der Waals surface area contributed by atoms with Crippen LogP contribution in [0, 0.1) is 0 Å².